The molecule has 106 valence electrons. The van der Waals surface area contributed by atoms with Crippen LogP contribution in [0.4, 0.5) is 0 Å². The predicted octanol–water partition coefficient (Wildman–Crippen LogP) is 1.54. The predicted molar refractivity (Wildman–Crippen MR) is 76.4 cm³/mol. The molecule has 2 rings (SSSR count). The first-order valence-electron chi connectivity index (χ1n) is 6.96. The standard InChI is InChI=1S/C15H24N2O2/c1-16-10-14(18)12-5-6-15(19-2)13(9-12)11-17-7-3-4-8-17/h5-6,9,14,16,18H,3-4,7-8,10-11H2,1-2H3. The highest BCUT2D eigenvalue weighted by atomic mass is 16.5. The van der Waals surface area contributed by atoms with Crippen molar-refractivity contribution in [3.63, 3.8) is 0 Å². The van der Waals surface area contributed by atoms with Crippen LogP contribution in [-0.2, 0) is 6.54 Å². The van der Waals surface area contributed by atoms with E-state index in [1.54, 1.807) is 7.11 Å². The Labute approximate surface area is 115 Å². The fraction of sp³-hybridized carbons (Fsp3) is 0.600. The van der Waals surface area contributed by atoms with Crippen LogP contribution < -0.4 is 10.1 Å². The fourth-order valence-corrected chi connectivity index (χ4v) is 2.62. The Kier molecular flexibility index (Phi) is 5.19. The van der Waals surface area contributed by atoms with Gasteiger partial charge >= 0.3 is 0 Å². The van der Waals surface area contributed by atoms with E-state index in [0.29, 0.717) is 6.54 Å². The second kappa shape index (κ2) is 6.89. The molecule has 1 saturated heterocycles. The van der Waals surface area contributed by atoms with E-state index in [1.165, 1.54) is 12.8 Å². The van der Waals surface area contributed by atoms with Gasteiger partial charge in [0.1, 0.15) is 5.75 Å². The van der Waals surface area contributed by atoms with Gasteiger partial charge in [-0.1, -0.05) is 6.07 Å². The second-order valence-corrected chi connectivity index (χ2v) is 5.13. The molecular formula is C15H24N2O2. The summed E-state index contributed by atoms with van der Waals surface area (Å²) in [6.45, 7) is 3.79. The van der Waals surface area contributed by atoms with Crippen molar-refractivity contribution in [3.05, 3.63) is 29.3 Å². The number of methoxy groups -OCH3 is 1. The Morgan fingerprint density at radius 2 is 2.11 bits per heavy atom. The number of aliphatic hydroxyl groups is 1. The summed E-state index contributed by atoms with van der Waals surface area (Å²) >= 11 is 0. The lowest BCUT2D eigenvalue weighted by Gasteiger charge is -2.19. The molecule has 1 aliphatic heterocycles. The number of benzene rings is 1. The summed E-state index contributed by atoms with van der Waals surface area (Å²) in [5.74, 6) is 0.910. The smallest absolute Gasteiger partial charge is 0.123 e. The van der Waals surface area contributed by atoms with Crippen LogP contribution in [0.2, 0.25) is 0 Å². The molecule has 19 heavy (non-hydrogen) atoms. The van der Waals surface area contributed by atoms with Crippen molar-refractivity contribution in [3.8, 4) is 5.75 Å². The number of likely N-dealkylation sites (N-methyl/N-ethyl adjacent to an activating group) is 1. The van der Waals surface area contributed by atoms with Gasteiger partial charge in [0.25, 0.3) is 0 Å². The van der Waals surface area contributed by atoms with Crippen LogP contribution in [0, 0.1) is 0 Å². The van der Waals surface area contributed by atoms with E-state index in [0.717, 1.165) is 36.5 Å². The van der Waals surface area contributed by atoms with Gasteiger partial charge < -0.3 is 15.2 Å². The van der Waals surface area contributed by atoms with Gasteiger partial charge in [-0.2, -0.15) is 0 Å². The average molecular weight is 264 g/mol. The van der Waals surface area contributed by atoms with Crippen LogP contribution in [0.15, 0.2) is 18.2 Å². The van der Waals surface area contributed by atoms with Gasteiger partial charge in [0.15, 0.2) is 0 Å². The molecule has 4 heteroatoms. The zero-order valence-corrected chi connectivity index (χ0v) is 11.9. The summed E-state index contributed by atoms with van der Waals surface area (Å²) in [4.78, 5) is 2.44. The molecule has 1 heterocycles. The minimum Gasteiger partial charge on any atom is -0.496 e. The van der Waals surface area contributed by atoms with Crippen LogP contribution in [0.25, 0.3) is 0 Å². The van der Waals surface area contributed by atoms with Crippen molar-refractivity contribution in [2.24, 2.45) is 0 Å². The Bertz CT molecular complexity index is 403. The van der Waals surface area contributed by atoms with Crippen LogP contribution in [0.3, 0.4) is 0 Å². The molecule has 1 aliphatic rings. The number of likely N-dealkylation sites (tertiary alicyclic amines) is 1. The monoisotopic (exact) mass is 264 g/mol. The Morgan fingerprint density at radius 1 is 1.37 bits per heavy atom. The zero-order valence-electron chi connectivity index (χ0n) is 11.9. The summed E-state index contributed by atoms with van der Waals surface area (Å²) in [6.07, 6.45) is 2.10. The van der Waals surface area contributed by atoms with Gasteiger partial charge in [0.2, 0.25) is 0 Å². The number of aliphatic hydroxyl groups excluding tert-OH is 1. The van der Waals surface area contributed by atoms with E-state index in [-0.39, 0.29) is 0 Å². The molecule has 1 atom stereocenters. The van der Waals surface area contributed by atoms with Gasteiger partial charge in [0, 0.05) is 18.7 Å². The van der Waals surface area contributed by atoms with Crippen LogP contribution in [0.5, 0.6) is 5.75 Å². The summed E-state index contributed by atoms with van der Waals surface area (Å²) in [5, 5.41) is 13.0. The average Bonchev–Trinajstić information content (AvgIpc) is 2.92. The molecule has 0 radical (unpaired) electrons. The fourth-order valence-electron chi connectivity index (χ4n) is 2.62. The topological polar surface area (TPSA) is 44.7 Å². The first kappa shape index (κ1) is 14.3. The van der Waals surface area contributed by atoms with E-state index in [4.69, 9.17) is 4.74 Å². The van der Waals surface area contributed by atoms with Crippen molar-refractivity contribution in [1.82, 2.24) is 10.2 Å². The number of ether oxygens (including phenoxy) is 1. The van der Waals surface area contributed by atoms with Crippen LogP contribution >= 0.6 is 0 Å². The van der Waals surface area contributed by atoms with E-state index in [9.17, 15) is 5.11 Å². The number of hydrogen-bond acceptors (Lipinski definition) is 4. The first-order valence-corrected chi connectivity index (χ1v) is 6.96. The quantitative estimate of drug-likeness (QED) is 0.818. The zero-order chi connectivity index (χ0) is 13.7. The molecule has 0 aromatic heterocycles. The molecular weight excluding hydrogens is 240 g/mol. The Balaban J connectivity index is 2.15. The number of nitrogens with zero attached hydrogens (tertiary/aromatic N) is 1. The highest BCUT2D eigenvalue weighted by Crippen LogP contribution is 2.25. The minimum atomic E-state index is -0.465. The van der Waals surface area contributed by atoms with Crippen molar-refractivity contribution in [1.29, 1.82) is 0 Å². The summed E-state index contributed by atoms with van der Waals surface area (Å²) in [7, 11) is 3.55. The van der Waals surface area contributed by atoms with Crippen molar-refractivity contribution in [2.75, 3.05) is 33.8 Å². The number of hydrogen-bond donors (Lipinski definition) is 2. The molecule has 0 saturated carbocycles. The third-order valence-corrected chi connectivity index (χ3v) is 3.68. The van der Waals surface area contributed by atoms with Gasteiger partial charge in [-0.15, -0.1) is 0 Å². The van der Waals surface area contributed by atoms with Crippen LogP contribution in [0.1, 0.15) is 30.1 Å². The van der Waals surface area contributed by atoms with Crippen LogP contribution in [-0.4, -0.2) is 43.8 Å². The molecule has 0 amide bonds. The van der Waals surface area contributed by atoms with Gasteiger partial charge in [-0.3, -0.25) is 4.90 Å². The van der Waals surface area contributed by atoms with Crippen molar-refractivity contribution >= 4 is 0 Å². The molecule has 4 nitrogen and oxygen atoms in total. The molecule has 2 N–H and O–H groups in total. The van der Waals surface area contributed by atoms with E-state index in [2.05, 4.69) is 16.3 Å². The van der Waals surface area contributed by atoms with E-state index < -0.39 is 6.10 Å². The lowest BCUT2D eigenvalue weighted by atomic mass is 10.0. The lowest BCUT2D eigenvalue weighted by molar-refractivity contribution is 0.177. The summed E-state index contributed by atoms with van der Waals surface area (Å²) in [5.41, 5.74) is 2.11. The van der Waals surface area contributed by atoms with E-state index >= 15 is 0 Å². The van der Waals surface area contributed by atoms with Gasteiger partial charge in [-0.05, 0) is 50.7 Å². The second-order valence-electron chi connectivity index (χ2n) is 5.13. The highest BCUT2D eigenvalue weighted by molar-refractivity contribution is 5.38. The lowest BCUT2D eigenvalue weighted by Crippen LogP contribution is -2.20. The van der Waals surface area contributed by atoms with Gasteiger partial charge in [-0.25, -0.2) is 0 Å². The molecule has 1 aromatic carbocycles. The minimum absolute atomic E-state index is 0.465. The maximum absolute atomic E-state index is 10.1. The maximum Gasteiger partial charge on any atom is 0.123 e. The molecule has 1 fully saturated rings. The molecule has 1 aromatic rings. The molecule has 1 unspecified atom stereocenters. The molecule has 0 bridgehead atoms. The van der Waals surface area contributed by atoms with E-state index in [1.807, 2.05) is 19.2 Å². The number of nitrogens with one attached hydrogen (secondary N) is 1. The van der Waals surface area contributed by atoms with Crippen molar-refractivity contribution in [2.45, 2.75) is 25.5 Å². The Hall–Kier alpha value is -1.10. The highest BCUT2D eigenvalue weighted by Gasteiger charge is 2.16. The Morgan fingerprint density at radius 3 is 2.74 bits per heavy atom. The molecule has 0 spiro atoms. The summed E-state index contributed by atoms with van der Waals surface area (Å²) in [6, 6.07) is 5.97. The number of rotatable bonds is 6. The normalized spacial score (nSPS) is 17.6. The maximum atomic E-state index is 10.1. The third-order valence-electron chi connectivity index (χ3n) is 3.68. The molecule has 0 aliphatic carbocycles. The van der Waals surface area contributed by atoms with Gasteiger partial charge in [0.05, 0.1) is 13.2 Å². The largest absolute Gasteiger partial charge is 0.496 e. The SMILES string of the molecule is CNCC(O)c1ccc(OC)c(CN2CCCC2)c1. The summed E-state index contributed by atoms with van der Waals surface area (Å²) < 4.78 is 5.43. The first-order chi connectivity index (χ1) is 9.24. The van der Waals surface area contributed by atoms with Crippen molar-refractivity contribution < 1.29 is 9.84 Å². The third kappa shape index (κ3) is 3.69.